The standard InChI is InChI=1S/C11H13F3N4S/c1-6(2)5-19-9-8-16-17-10(11(12,13)14)18(8)7(3)4-15-9/h4,6H,5H2,1-3H3. The lowest BCUT2D eigenvalue weighted by molar-refractivity contribution is -0.145. The van der Waals surface area contributed by atoms with Gasteiger partial charge in [0.05, 0.1) is 0 Å². The van der Waals surface area contributed by atoms with Gasteiger partial charge in [0.2, 0.25) is 5.82 Å². The number of alkyl halides is 3. The van der Waals surface area contributed by atoms with Crippen molar-refractivity contribution in [1.29, 1.82) is 0 Å². The molecule has 104 valence electrons. The van der Waals surface area contributed by atoms with Crippen LogP contribution in [0.1, 0.15) is 25.4 Å². The SMILES string of the molecule is Cc1cnc(SCC(C)C)c2nnc(C(F)(F)F)n12. The molecule has 4 nitrogen and oxygen atoms in total. The number of nitrogens with zero attached hydrogens (tertiary/aromatic N) is 4. The van der Waals surface area contributed by atoms with Crippen LogP contribution in [-0.2, 0) is 6.18 Å². The second kappa shape index (κ2) is 4.99. The van der Waals surface area contributed by atoms with Crippen molar-refractivity contribution in [2.45, 2.75) is 32.0 Å². The number of hydrogen-bond donors (Lipinski definition) is 0. The summed E-state index contributed by atoms with van der Waals surface area (Å²) in [5.74, 6) is 0.173. The van der Waals surface area contributed by atoms with Crippen molar-refractivity contribution >= 4 is 17.4 Å². The average Bonchev–Trinajstić information content (AvgIpc) is 2.73. The lowest BCUT2D eigenvalue weighted by Crippen LogP contribution is -2.12. The van der Waals surface area contributed by atoms with Crippen LogP contribution < -0.4 is 0 Å². The van der Waals surface area contributed by atoms with Crippen LogP contribution in [0.5, 0.6) is 0 Å². The first kappa shape index (κ1) is 14.1. The molecule has 0 saturated heterocycles. The Morgan fingerprint density at radius 3 is 2.58 bits per heavy atom. The fourth-order valence-corrected chi connectivity index (χ4v) is 2.44. The first-order chi connectivity index (χ1) is 8.80. The molecular formula is C11H13F3N4S. The smallest absolute Gasteiger partial charge is 0.272 e. The Hall–Kier alpha value is -1.31. The molecular weight excluding hydrogens is 277 g/mol. The monoisotopic (exact) mass is 290 g/mol. The van der Waals surface area contributed by atoms with E-state index in [4.69, 9.17) is 0 Å². The van der Waals surface area contributed by atoms with Gasteiger partial charge in [-0.05, 0) is 12.8 Å². The molecule has 2 heterocycles. The van der Waals surface area contributed by atoms with Crippen molar-refractivity contribution < 1.29 is 13.2 Å². The number of halogens is 3. The molecule has 0 atom stereocenters. The summed E-state index contributed by atoms with van der Waals surface area (Å²) in [5, 5.41) is 7.36. The van der Waals surface area contributed by atoms with Crippen LogP contribution in [0.4, 0.5) is 13.2 Å². The third-order valence-corrected chi connectivity index (χ3v) is 3.78. The molecule has 2 aromatic rings. The minimum Gasteiger partial charge on any atom is -0.272 e. The Morgan fingerprint density at radius 2 is 2.00 bits per heavy atom. The second-order valence-corrected chi connectivity index (χ2v) is 5.60. The maximum Gasteiger partial charge on any atom is 0.452 e. The minimum absolute atomic E-state index is 0.165. The molecule has 8 heteroatoms. The number of rotatable bonds is 3. The Morgan fingerprint density at radius 1 is 1.32 bits per heavy atom. The number of hydrogen-bond acceptors (Lipinski definition) is 4. The van der Waals surface area contributed by atoms with E-state index >= 15 is 0 Å². The Balaban J connectivity index is 2.53. The highest BCUT2D eigenvalue weighted by Crippen LogP contribution is 2.31. The Labute approximate surface area is 112 Å². The van der Waals surface area contributed by atoms with Gasteiger partial charge in [-0.1, -0.05) is 13.8 Å². The number of aryl methyl sites for hydroxylation is 1. The average molecular weight is 290 g/mol. The van der Waals surface area contributed by atoms with Crippen LogP contribution in [-0.4, -0.2) is 25.3 Å². The summed E-state index contributed by atoms with van der Waals surface area (Å²) in [6.07, 6.45) is -3.11. The molecule has 2 rings (SSSR count). The summed E-state index contributed by atoms with van der Waals surface area (Å²) in [6.45, 7) is 5.61. The topological polar surface area (TPSA) is 43.1 Å². The molecule has 0 spiro atoms. The van der Waals surface area contributed by atoms with E-state index in [1.807, 2.05) is 13.8 Å². The predicted octanol–water partition coefficient (Wildman–Crippen LogP) is 3.20. The normalized spacial score (nSPS) is 12.6. The van der Waals surface area contributed by atoms with Gasteiger partial charge in [-0.25, -0.2) is 4.98 Å². The molecule has 0 radical (unpaired) electrons. The molecule has 0 bridgehead atoms. The van der Waals surface area contributed by atoms with Crippen molar-refractivity contribution in [2.75, 3.05) is 5.75 Å². The summed E-state index contributed by atoms with van der Waals surface area (Å²) >= 11 is 1.39. The zero-order valence-electron chi connectivity index (χ0n) is 10.7. The van der Waals surface area contributed by atoms with E-state index in [9.17, 15) is 13.2 Å². The van der Waals surface area contributed by atoms with Gasteiger partial charge in [-0.15, -0.1) is 22.0 Å². The molecule has 0 N–H and O–H groups in total. The second-order valence-electron chi connectivity index (χ2n) is 4.59. The maximum absolute atomic E-state index is 12.8. The predicted molar refractivity (Wildman–Crippen MR) is 66.1 cm³/mol. The molecule has 0 aliphatic heterocycles. The van der Waals surface area contributed by atoms with Crippen LogP contribution >= 0.6 is 11.8 Å². The summed E-state index contributed by atoms with van der Waals surface area (Å²) < 4.78 is 39.5. The van der Waals surface area contributed by atoms with Gasteiger partial charge in [-0.2, -0.15) is 13.2 Å². The molecule has 0 fully saturated rings. The van der Waals surface area contributed by atoms with Gasteiger partial charge in [0.25, 0.3) is 0 Å². The fourth-order valence-electron chi connectivity index (χ4n) is 1.56. The molecule has 0 unspecified atom stereocenters. The van der Waals surface area contributed by atoms with Crippen LogP contribution in [0, 0.1) is 12.8 Å². The fraction of sp³-hybridized carbons (Fsp3) is 0.545. The van der Waals surface area contributed by atoms with E-state index < -0.39 is 12.0 Å². The van der Waals surface area contributed by atoms with Crippen LogP contribution in [0.2, 0.25) is 0 Å². The van der Waals surface area contributed by atoms with E-state index in [0.29, 0.717) is 16.6 Å². The van der Waals surface area contributed by atoms with Gasteiger partial charge in [0, 0.05) is 17.6 Å². The summed E-state index contributed by atoms with van der Waals surface area (Å²) in [7, 11) is 0. The third-order valence-electron chi connectivity index (χ3n) is 2.38. The summed E-state index contributed by atoms with van der Waals surface area (Å²) in [4.78, 5) is 4.15. The number of fused-ring (bicyclic) bond motifs is 1. The first-order valence-corrected chi connectivity index (χ1v) is 6.70. The maximum atomic E-state index is 12.8. The Bertz CT molecular complexity index is 591. The van der Waals surface area contributed by atoms with Gasteiger partial charge < -0.3 is 0 Å². The van der Waals surface area contributed by atoms with Gasteiger partial charge >= 0.3 is 6.18 Å². The van der Waals surface area contributed by atoms with Crippen molar-refractivity contribution in [3.63, 3.8) is 0 Å². The van der Waals surface area contributed by atoms with Crippen molar-refractivity contribution in [3.8, 4) is 0 Å². The zero-order valence-corrected chi connectivity index (χ0v) is 11.5. The molecule has 19 heavy (non-hydrogen) atoms. The Kier molecular flexibility index (Phi) is 3.71. The number of thioether (sulfide) groups is 1. The highest BCUT2D eigenvalue weighted by atomic mass is 32.2. The summed E-state index contributed by atoms with van der Waals surface area (Å²) in [6, 6.07) is 0. The van der Waals surface area contributed by atoms with Gasteiger partial charge in [0.1, 0.15) is 5.03 Å². The van der Waals surface area contributed by atoms with E-state index in [2.05, 4.69) is 15.2 Å². The molecule has 0 aliphatic rings. The minimum atomic E-state index is -4.52. The molecule has 0 aliphatic carbocycles. The lowest BCUT2D eigenvalue weighted by atomic mass is 10.3. The first-order valence-electron chi connectivity index (χ1n) is 5.71. The molecule has 0 saturated carbocycles. The highest BCUT2D eigenvalue weighted by molar-refractivity contribution is 7.99. The quantitative estimate of drug-likeness (QED) is 0.814. The van der Waals surface area contributed by atoms with E-state index in [0.717, 1.165) is 10.2 Å². The molecule has 2 aromatic heterocycles. The van der Waals surface area contributed by atoms with Crippen LogP contribution in [0.25, 0.3) is 5.65 Å². The van der Waals surface area contributed by atoms with Crippen LogP contribution in [0.3, 0.4) is 0 Å². The third kappa shape index (κ3) is 2.83. The molecule has 0 amide bonds. The zero-order chi connectivity index (χ0) is 14.2. The van der Waals surface area contributed by atoms with Crippen molar-refractivity contribution in [1.82, 2.24) is 19.6 Å². The van der Waals surface area contributed by atoms with Crippen LogP contribution in [0.15, 0.2) is 11.2 Å². The van der Waals surface area contributed by atoms with Crippen molar-refractivity contribution in [3.05, 3.63) is 17.7 Å². The van der Waals surface area contributed by atoms with Crippen molar-refractivity contribution in [2.24, 2.45) is 5.92 Å². The van der Waals surface area contributed by atoms with E-state index in [-0.39, 0.29) is 5.65 Å². The highest BCUT2D eigenvalue weighted by Gasteiger charge is 2.37. The van der Waals surface area contributed by atoms with E-state index in [1.165, 1.54) is 18.0 Å². The molecule has 0 aromatic carbocycles. The summed E-state index contributed by atoms with van der Waals surface area (Å²) in [5.41, 5.74) is 0.527. The van der Waals surface area contributed by atoms with Gasteiger partial charge in [0.15, 0.2) is 5.65 Å². The van der Waals surface area contributed by atoms with E-state index in [1.54, 1.807) is 6.92 Å². The number of aromatic nitrogens is 4. The van der Waals surface area contributed by atoms with Gasteiger partial charge in [-0.3, -0.25) is 4.40 Å². The largest absolute Gasteiger partial charge is 0.452 e. The lowest BCUT2D eigenvalue weighted by Gasteiger charge is -2.09.